The van der Waals surface area contributed by atoms with Crippen LogP contribution in [0.3, 0.4) is 0 Å². The number of nitro groups is 1. The molecule has 1 N–H and O–H groups in total. The van der Waals surface area contributed by atoms with E-state index < -0.39 is 20.9 Å². The Labute approximate surface area is 204 Å². The molecule has 172 valence electrons. The highest BCUT2D eigenvalue weighted by Gasteiger charge is 2.18. The van der Waals surface area contributed by atoms with E-state index in [1.807, 2.05) is 0 Å². The fraction of sp³-hybridized carbons (Fsp3) is 0. The molecule has 0 aliphatic carbocycles. The van der Waals surface area contributed by atoms with E-state index >= 15 is 0 Å². The molecule has 3 aromatic rings. The zero-order valence-electron chi connectivity index (χ0n) is 16.9. The van der Waals surface area contributed by atoms with Gasteiger partial charge in [-0.25, -0.2) is 0 Å². The first-order chi connectivity index (χ1) is 16.1. The van der Waals surface area contributed by atoms with Crippen molar-refractivity contribution in [3.63, 3.8) is 0 Å². The molecule has 0 saturated carbocycles. The van der Waals surface area contributed by atoms with Crippen LogP contribution in [0.15, 0.2) is 77.2 Å². The van der Waals surface area contributed by atoms with E-state index in [9.17, 15) is 28.6 Å². The van der Waals surface area contributed by atoms with Crippen LogP contribution in [0.1, 0.15) is 5.56 Å². The SMILES string of the molecule is N#C/C(=C\c1ccc(OS(=O)(=O)c2ccc([N+](=O)[O-])cc2)cc1)C(=O)Nc1cccc(Cl)c1Cl. The average molecular weight is 518 g/mol. The minimum Gasteiger partial charge on any atom is -0.379 e. The number of nitrogens with one attached hydrogen (secondary N) is 1. The third-order valence-corrected chi connectivity index (χ3v) is 6.38. The van der Waals surface area contributed by atoms with Gasteiger partial charge in [0, 0.05) is 12.1 Å². The number of carbonyl (C=O) groups is 1. The van der Waals surface area contributed by atoms with Crippen LogP contribution in [0.4, 0.5) is 11.4 Å². The Hall–Kier alpha value is -3.91. The molecule has 0 unspecified atom stereocenters. The highest BCUT2D eigenvalue weighted by molar-refractivity contribution is 7.87. The molecule has 1 amide bonds. The first kappa shape index (κ1) is 24.7. The molecule has 0 saturated heterocycles. The number of nitro benzene ring substituents is 1. The third-order valence-electron chi connectivity index (χ3n) is 4.30. The lowest BCUT2D eigenvalue weighted by molar-refractivity contribution is -0.384. The summed E-state index contributed by atoms with van der Waals surface area (Å²) in [6, 6.07) is 16.2. The summed E-state index contributed by atoms with van der Waals surface area (Å²) in [5, 5.41) is 22.9. The molecule has 0 aliphatic heterocycles. The Balaban J connectivity index is 1.74. The smallest absolute Gasteiger partial charge is 0.339 e. The van der Waals surface area contributed by atoms with E-state index in [2.05, 4.69) is 5.32 Å². The van der Waals surface area contributed by atoms with Crippen LogP contribution in [0.5, 0.6) is 5.75 Å². The fourth-order valence-corrected chi connectivity index (χ4v) is 3.91. The van der Waals surface area contributed by atoms with Crippen LogP contribution in [0, 0.1) is 21.4 Å². The number of hydrogen-bond donors (Lipinski definition) is 1. The summed E-state index contributed by atoms with van der Waals surface area (Å²) in [6.45, 7) is 0. The second-order valence-electron chi connectivity index (χ2n) is 6.58. The largest absolute Gasteiger partial charge is 0.379 e. The van der Waals surface area contributed by atoms with Crippen molar-refractivity contribution in [3.05, 3.63) is 98.0 Å². The molecule has 0 radical (unpaired) electrons. The Morgan fingerprint density at radius 3 is 2.29 bits per heavy atom. The fourth-order valence-electron chi connectivity index (χ4n) is 2.63. The van der Waals surface area contributed by atoms with Crippen molar-refractivity contribution < 1.29 is 22.3 Å². The summed E-state index contributed by atoms with van der Waals surface area (Å²) in [7, 11) is -4.23. The van der Waals surface area contributed by atoms with Crippen molar-refractivity contribution in [2.75, 3.05) is 5.32 Å². The maximum atomic E-state index is 12.4. The Bertz CT molecular complexity index is 1430. The predicted molar refractivity (Wildman–Crippen MR) is 126 cm³/mol. The Kier molecular flexibility index (Phi) is 7.53. The minimum absolute atomic E-state index is 0.0378. The maximum absolute atomic E-state index is 12.4. The normalized spacial score (nSPS) is 11.4. The van der Waals surface area contributed by atoms with Gasteiger partial charge in [0.05, 0.1) is 20.7 Å². The van der Waals surface area contributed by atoms with E-state index in [1.54, 1.807) is 18.2 Å². The molecule has 0 heterocycles. The highest BCUT2D eigenvalue weighted by Crippen LogP contribution is 2.30. The maximum Gasteiger partial charge on any atom is 0.339 e. The number of nitriles is 1. The summed E-state index contributed by atoms with van der Waals surface area (Å²) in [6.07, 6.45) is 1.29. The number of benzene rings is 3. The number of halogens is 2. The molecule has 0 fully saturated rings. The van der Waals surface area contributed by atoms with Gasteiger partial charge in [0.15, 0.2) is 0 Å². The first-order valence-electron chi connectivity index (χ1n) is 9.27. The number of non-ortho nitro benzene ring substituents is 1. The molecule has 0 atom stereocenters. The summed E-state index contributed by atoms with van der Waals surface area (Å²) in [5.41, 5.74) is 0.165. The van der Waals surface area contributed by atoms with Crippen LogP contribution in [0.2, 0.25) is 10.0 Å². The number of hydrogen-bond acceptors (Lipinski definition) is 7. The molecule has 0 aliphatic rings. The van der Waals surface area contributed by atoms with Crippen molar-refractivity contribution in [1.29, 1.82) is 5.26 Å². The molecular weight excluding hydrogens is 505 g/mol. The van der Waals surface area contributed by atoms with Crippen molar-refractivity contribution >= 4 is 56.7 Å². The van der Waals surface area contributed by atoms with Gasteiger partial charge in [-0.15, -0.1) is 0 Å². The van der Waals surface area contributed by atoms with Gasteiger partial charge in [-0.05, 0) is 48.0 Å². The van der Waals surface area contributed by atoms with Gasteiger partial charge in [0.1, 0.15) is 22.3 Å². The number of anilines is 1. The molecule has 12 heteroatoms. The van der Waals surface area contributed by atoms with Gasteiger partial charge in [-0.3, -0.25) is 14.9 Å². The van der Waals surface area contributed by atoms with E-state index in [-0.39, 0.29) is 37.6 Å². The van der Waals surface area contributed by atoms with E-state index in [1.165, 1.54) is 36.4 Å². The van der Waals surface area contributed by atoms with Gasteiger partial charge in [-0.1, -0.05) is 41.4 Å². The Morgan fingerprint density at radius 1 is 1.06 bits per heavy atom. The number of nitrogens with zero attached hydrogens (tertiary/aromatic N) is 2. The summed E-state index contributed by atoms with van der Waals surface area (Å²) in [5.74, 6) is -0.753. The molecule has 0 spiro atoms. The van der Waals surface area contributed by atoms with Gasteiger partial charge in [0.2, 0.25) is 0 Å². The van der Waals surface area contributed by atoms with Crippen molar-refractivity contribution in [2.24, 2.45) is 0 Å². The Morgan fingerprint density at radius 2 is 1.71 bits per heavy atom. The second kappa shape index (κ2) is 10.4. The lowest BCUT2D eigenvalue weighted by atomic mass is 10.1. The number of carbonyl (C=O) groups excluding carboxylic acids is 1. The van der Waals surface area contributed by atoms with Gasteiger partial charge < -0.3 is 9.50 Å². The lowest BCUT2D eigenvalue weighted by Crippen LogP contribution is -2.13. The molecule has 3 rings (SSSR count). The lowest BCUT2D eigenvalue weighted by Gasteiger charge is -2.08. The first-order valence-corrected chi connectivity index (χ1v) is 11.4. The van der Waals surface area contributed by atoms with Crippen molar-refractivity contribution in [2.45, 2.75) is 4.90 Å². The average Bonchev–Trinajstić information content (AvgIpc) is 2.81. The molecule has 0 aromatic heterocycles. The van der Waals surface area contributed by atoms with E-state index in [0.717, 1.165) is 24.3 Å². The topological polar surface area (TPSA) is 139 Å². The highest BCUT2D eigenvalue weighted by atomic mass is 35.5. The predicted octanol–water partition coefficient (Wildman–Crippen LogP) is 5.21. The van der Waals surface area contributed by atoms with Crippen molar-refractivity contribution in [1.82, 2.24) is 0 Å². The van der Waals surface area contributed by atoms with Crippen LogP contribution in [-0.4, -0.2) is 19.2 Å². The van der Waals surface area contributed by atoms with Crippen LogP contribution < -0.4 is 9.50 Å². The standard InChI is InChI=1S/C22H13Cl2N3O6S/c23-19-2-1-3-20(21(19)24)26-22(28)15(13-25)12-14-4-8-17(9-5-14)33-34(31,32)18-10-6-16(7-11-18)27(29)30/h1-12H,(H,26,28)/b15-12+. The van der Waals surface area contributed by atoms with E-state index in [0.29, 0.717) is 5.56 Å². The molecule has 9 nitrogen and oxygen atoms in total. The van der Waals surface area contributed by atoms with Gasteiger partial charge in [-0.2, -0.15) is 13.7 Å². The number of rotatable bonds is 7. The van der Waals surface area contributed by atoms with Gasteiger partial charge >= 0.3 is 10.1 Å². The minimum atomic E-state index is -4.23. The second-order valence-corrected chi connectivity index (χ2v) is 8.91. The van der Waals surface area contributed by atoms with Crippen LogP contribution in [0.25, 0.3) is 6.08 Å². The zero-order valence-corrected chi connectivity index (χ0v) is 19.3. The van der Waals surface area contributed by atoms with Gasteiger partial charge in [0.25, 0.3) is 11.6 Å². The monoisotopic (exact) mass is 517 g/mol. The summed E-state index contributed by atoms with van der Waals surface area (Å²) < 4.78 is 29.8. The molecular formula is C22H13Cl2N3O6S. The quantitative estimate of drug-likeness (QED) is 0.149. The van der Waals surface area contributed by atoms with E-state index in [4.69, 9.17) is 27.4 Å². The molecule has 3 aromatic carbocycles. The van der Waals surface area contributed by atoms with Crippen LogP contribution in [-0.2, 0) is 14.9 Å². The molecule has 0 bridgehead atoms. The molecule has 34 heavy (non-hydrogen) atoms. The number of amides is 1. The summed E-state index contributed by atoms with van der Waals surface area (Å²) >= 11 is 12.0. The third kappa shape index (κ3) is 5.90. The van der Waals surface area contributed by atoms with Crippen LogP contribution >= 0.6 is 23.2 Å². The van der Waals surface area contributed by atoms with Crippen molar-refractivity contribution in [3.8, 4) is 11.8 Å². The zero-order chi connectivity index (χ0) is 24.9. The summed E-state index contributed by atoms with van der Waals surface area (Å²) in [4.78, 5) is 22.2.